The molecule has 2 aromatic carbocycles. The van der Waals surface area contributed by atoms with Gasteiger partial charge in [0, 0.05) is 32.4 Å². The van der Waals surface area contributed by atoms with Crippen LogP contribution in [0.3, 0.4) is 0 Å². The Morgan fingerprint density at radius 3 is 2.41 bits per heavy atom. The zero-order valence-electron chi connectivity index (χ0n) is 16.0. The summed E-state index contributed by atoms with van der Waals surface area (Å²) in [7, 11) is 3.85. The number of halogens is 3. The Hall–Kier alpha value is -3.29. The van der Waals surface area contributed by atoms with E-state index in [1.165, 1.54) is 18.2 Å². The van der Waals surface area contributed by atoms with E-state index < -0.39 is 30.2 Å². The van der Waals surface area contributed by atoms with Crippen molar-refractivity contribution in [2.24, 2.45) is 0 Å². The Bertz CT molecular complexity index is 875. The van der Waals surface area contributed by atoms with E-state index in [1.807, 2.05) is 43.3 Å². The normalized spacial score (nSPS) is 11.3. The standard InChI is InChI=1S/C21H21F3N2O3/c1-26(2)18-9-6-16(7-10-18)13-25-19(27)14-29-20(28)11-8-15-4-3-5-17(12-15)21(22,23)24/h3-12H,13-14H2,1-2H3,(H,25,27)/b11-8+. The maximum atomic E-state index is 12.7. The number of amides is 1. The molecule has 0 atom stereocenters. The van der Waals surface area contributed by atoms with Crippen molar-refractivity contribution in [3.05, 3.63) is 71.3 Å². The van der Waals surface area contributed by atoms with E-state index in [-0.39, 0.29) is 12.1 Å². The Labute approximate surface area is 166 Å². The summed E-state index contributed by atoms with van der Waals surface area (Å²) in [5.41, 5.74) is 1.30. The molecule has 2 rings (SSSR count). The first-order valence-electron chi connectivity index (χ1n) is 8.70. The third kappa shape index (κ3) is 7.33. The van der Waals surface area contributed by atoms with Gasteiger partial charge in [-0.1, -0.05) is 24.3 Å². The van der Waals surface area contributed by atoms with Crippen molar-refractivity contribution in [2.45, 2.75) is 12.7 Å². The second-order valence-corrected chi connectivity index (χ2v) is 6.40. The molecule has 0 saturated heterocycles. The highest BCUT2D eigenvalue weighted by molar-refractivity contribution is 5.89. The smallest absolute Gasteiger partial charge is 0.416 e. The Morgan fingerprint density at radius 1 is 1.10 bits per heavy atom. The van der Waals surface area contributed by atoms with E-state index >= 15 is 0 Å². The van der Waals surface area contributed by atoms with Crippen LogP contribution in [-0.2, 0) is 27.0 Å². The number of carbonyl (C=O) groups excluding carboxylic acids is 2. The number of ether oxygens (including phenoxy) is 1. The lowest BCUT2D eigenvalue weighted by molar-refractivity contribution is -0.143. The molecular formula is C21H21F3N2O3. The van der Waals surface area contributed by atoms with Gasteiger partial charge in [-0.2, -0.15) is 13.2 Å². The predicted molar refractivity (Wildman–Crippen MR) is 104 cm³/mol. The molecule has 0 spiro atoms. The monoisotopic (exact) mass is 406 g/mol. The first-order valence-corrected chi connectivity index (χ1v) is 8.70. The zero-order chi connectivity index (χ0) is 21.4. The molecule has 0 heterocycles. The van der Waals surface area contributed by atoms with Crippen molar-refractivity contribution in [1.29, 1.82) is 0 Å². The van der Waals surface area contributed by atoms with Gasteiger partial charge in [-0.25, -0.2) is 4.79 Å². The molecule has 0 fully saturated rings. The largest absolute Gasteiger partial charge is 0.452 e. The molecule has 1 amide bonds. The van der Waals surface area contributed by atoms with Gasteiger partial charge in [0.2, 0.25) is 0 Å². The van der Waals surface area contributed by atoms with E-state index in [1.54, 1.807) is 0 Å². The summed E-state index contributed by atoms with van der Waals surface area (Å²) in [6, 6.07) is 12.1. The molecule has 5 nitrogen and oxygen atoms in total. The number of alkyl halides is 3. The van der Waals surface area contributed by atoms with Crippen LogP contribution in [0.2, 0.25) is 0 Å². The number of rotatable bonds is 7. The second-order valence-electron chi connectivity index (χ2n) is 6.40. The number of hydrogen-bond donors (Lipinski definition) is 1. The number of nitrogens with zero attached hydrogens (tertiary/aromatic N) is 1. The van der Waals surface area contributed by atoms with Gasteiger partial charge in [-0.3, -0.25) is 4.79 Å². The summed E-state index contributed by atoms with van der Waals surface area (Å²) in [5, 5.41) is 2.62. The number of hydrogen-bond acceptors (Lipinski definition) is 4. The average Bonchev–Trinajstić information content (AvgIpc) is 2.69. The Morgan fingerprint density at radius 2 is 1.79 bits per heavy atom. The van der Waals surface area contributed by atoms with Crippen molar-refractivity contribution >= 4 is 23.6 Å². The molecular weight excluding hydrogens is 385 g/mol. The van der Waals surface area contributed by atoms with E-state index in [9.17, 15) is 22.8 Å². The molecule has 0 bridgehead atoms. The predicted octanol–water partition coefficient (Wildman–Crippen LogP) is 3.64. The minimum Gasteiger partial charge on any atom is -0.452 e. The van der Waals surface area contributed by atoms with E-state index in [0.717, 1.165) is 29.5 Å². The molecule has 0 unspecified atom stereocenters. The molecule has 0 aliphatic carbocycles. The SMILES string of the molecule is CN(C)c1ccc(CNC(=O)COC(=O)/C=C/c2cccc(C(F)(F)F)c2)cc1. The zero-order valence-corrected chi connectivity index (χ0v) is 16.0. The van der Waals surface area contributed by atoms with E-state index in [0.29, 0.717) is 0 Å². The molecule has 0 radical (unpaired) electrons. The van der Waals surface area contributed by atoms with Gasteiger partial charge in [0.25, 0.3) is 5.91 Å². The van der Waals surface area contributed by atoms with Crippen molar-refractivity contribution in [1.82, 2.24) is 5.32 Å². The number of esters is 1. The molecule has 1 N–H and O–H groups in total. The second kappa shape index (κ2) is 9.77. The lowest BCUT2D eigenvalue weighted by Crippen LogP contribution is -2.28. The van der Waals surface area contributed by atoms with Crippen molar-refractivity contribution in [3.8, 4) is 0 Å². The Kier molecular flexibility index (Phi) is 7.41. The van der Waals surface area contributed by atoms with Gasteiger partial charge < -0.3 is 15.0 Å². The van der Waals surface area contributed by atoms with Crippen LogP contribution in [0, 0.1) is 0 Å². The molecule has 0 aliphatic rings. The van der Waals surface area contributed by atoms with Crippen LogP contribution >= 0.6 is 0 Å². The van der Waals surface area contributed by atoms with Gasteiger partial charge in [0.1, 0.15) is 0 Å². The van der Waals surface area contributed by atoms with Crippen LogP contribution in [-0.4, -0.2) is 32.6 Å². The van der Waals surface area contributed by atoms with Gasteiger partial charge >= 0.3 is 12.1 Å². The van der Waals surface area contributed by atoms with Crippen molar-refractivity contribution in [2.75, 3.05) is 25.6 Å². The molecule has 0 aliphatic heterocycles. The maximum Gasteiger partial charge on any atom is 0.416 e. The molecule has 0 aromatic heterocycles. The number of carbonyl (C=O) groups is 2. The summed E-state index contributed by atoms with van der Waals surface area (Å²) >= 11 is 0. The minimum atomic E-state index is -4.46. The first kappa shape index (κ1) is 22.0. The highest BCUT2D eigenvalue weighted by Crippen LogP contribution is 2.29. The van der Waals surface area contributed by atoms with Gasteiger partial charge in [-0.15, -0.1) is 0 Å². The van der Waals surface area contributed by atoms with Gasteiger partial charge in [0.05, 0.1) is 5.56 Å². The summed E-state index contributed by atoms with van der Waals surface area (Å²) in [4.78, 5) is 25.4. The number of nitrogens with one attached hydrogen (secondary N) is 1. The highest BCUT2D eigenvalue weighted by atomic mass is 19.4. The van der Waals surface area contributed by atoms with Crippen LogP contribution in [0.1, 0.15) is 16.7 Å². The van der Waals surface area contributed by atoms with E-state index in [2.05, 4.69) is 5.32 Å². The minimum absolute atomic E-state index is 0.197. The van der Waals surface area contributed by atoms with Crippen LogP contribution in [0.4, 0.5) is 18.9 Å². The fraction of sp³-hybridized carbons (Fsp3) is 0.238. The lowest BCUT2D eigenvalue weighted by Gasteiger charge is -2.12. The molecule has 8 heteroatoms. The fourth-order valence-corrected chi connectivity index (χ4v) is 2.33. The molecule has 2 aromatic rings. The quantitative estimate of drug-likeness (QED) is 0.563. The average molecular weight is 406 g/mol. The molecule has 29 heavy (non-hydrogen) atoms. The van der Waals surface area contributed by atoms with E-state index in [4.69, 9.17) is 4.74 Å². The van der Waals surface area contributed by atoms with Gasteiger partial charge in [0.15, 0.2) is 6.61 Å². The topological polar surface area (TPSA) is 58.6 Å². The number of anilines is 1. The number of benzene rings is 2. The molecule has 0 saturated carbocycles. The lowest BCUT2D eigenvalue weighted by atomic mass is 10.1. The van der Waals surface area contributed by atoms with Crippen LogP contribution in [0.25, 0.3) is 6.08 Å². The Balaban J connectivity index is 1.78. The van der Waals surface area contributed by atoms with Crippen LogP contribution in [0.5, 0.6) is 0 Å². The van der Waals surface area contributed by atoms with Crippen molar-refractivity contribution in [3.63, 3.8) is 0 Å². The highest BCUT2D eigenvalue weighted by Gasteiger charge is 2.30. The first-order chi connectivity index (χ1) is 13.6. The third-order valence-electron chi connectivity index (χ3n) is 3.91. The van der Waals surface area contributed by atoms with Crippen molar-refractivity contribution < 1.29 is 27.5 Å². The van der Waals surface area contributed by atoms with Crippen LogP contribution in [0.15, 0.2) is 54.6 Å². The fourth-order valence-electron chi connectivity index (χ4n) is 2.33. The summed E-state index contributed by atoms with van der Waals surface area (Å²) < 4.78 is 42.8. The third-order valence-corrected chi connectivity index (χ3v) is 3.91. The maximum absolute atomic E-state index is 12.7. The van der Waals surface area contributed by atoms with Crippen LogP contribution < -0.4 is 10.2 Å². The van der Waals surface area contributed by atoms with Gasteiger partial charge in [-0.05, 0) is 41.5 Å². The summed E-state index contributed by atoms with van der Waals surface area (Å²) in [5.74, 6) is -1.31. The summed E-state index contributed by atoms with van der Waals surface area (Å²) in [6.07, 6.45) is -2.29. The molecule has 154 valence electrons. The summed E-state index contributed by atoms with van der Waals surface area (Å²) in [6.45, 7) is -0.203.